The Morgan fingerprint density at radius 3 is 2.56 bits per heavy atom. The molecule has 3 aromatic rings. The first-order valence-corrected chi connectivity index (χ1v) is 12.9. The zero-order chi connectivity index (χ0) is 24.6. The number of aryl methyl sites for hydroxylation is 4. The molecule has 0 spiro atoms. The number of unbranched alkanes of at least 4 members (excludes halogenated alkanes) is 1. The number of aromatic nitrogens is 5. The van der Waals surface area contributed by atoms with Gasteiger partial charge in [-0.05, 0) is 33.2 Å². The Hall–Kier alpha value is -2.77. The van der Waals surface area contributed by atoms with Crippen molar-refractivity contribution in [2.45, 2.75) is 58.0 Å². The summed E-state index contributed by atoms with van der Waals surface area (Å²) in [6.07, 6.45) is 2.36. The van der Waals surface area contributed by atoms with Crippen molar-refractivity contribution in [2.24, 2.45) is 7.05 Å². The van der Waals surface area contributed by atoms with Gasteiger partial charge in [0.15, 0.2) is 16.9 Å². The summed E-state index contributed by atoms with van der Waals surface area (Å²) in [6.45, 7) is 8.07. The lowest BCUT2D eigenvalue weighted by atomic mass is 10.3. The standard InChI is InChI=1S/C21H31N7O5S/c1-5-6-10-28-19-17(20(29)23-21(28)30)25(4)16(22-19)13-26-8-7-9-27(12-11-26)34(31,32)18-14(2)24-33-15(18)3/h5-13H2,1-4H3,(H,23,29,30). The van der Waals surface area contributed by atoms with Crippen molar-refractivity contribution in [3.05, 3.63) is 38.1 Å². The number of nitrogens with one attached hydrogen (secondary N) is 1. The van der Waals surface area contributed by atoms with Crippen molar-refractivity contribution in [2.75, 3.05) is 26.2 Å². The fourth-order valence-corrected chi connectivity index (χ4v) is 6.23. The second-order valence-corrected chi connectivity index (χ2v) is 10.6. The fourth-order valence-electron chi connectivity index (χ4n) is 4.47. The van der Waals surface area contributed by atoms with Gasteiger partial charge in [0.05, 0.1) is 6.54 Å². The smallest absolute Gasteiger partial charge is 0.330 e. The first-order chi connectivity index (χ1) is 16.1. The molecule has 0 aromatic carbocycles. The average molecular weight is 494 g/mol. The third-order valence-electron chi connectivity index (χ3n) is 6.32. The minimum absolute atomic E-state index is 0.139. The number of rotatable bonds is 7. The van der Waals surface area contributed by atoms with Gasteiger partial charge in [-0.2, -0.15) is 4.31 Å². The summed E-state index contributed by atoms with van der Waals surface area (Å²) in [7, 11) is -1.94. The molecule has 1 fully saturated rings. The molecule has 3 aromatic heterocycles. The van der Waals surface area contributed by atoms with Crippen LogP contribution in [0, 0.1) is 13.8 Å². The van der Waals surface area contributed by atoms with E-state index in [2.05, 4.69) is 20.0 Å². The molecule has 4 heterocycles. The van der Waals surface area contributed by atoms with Crippen LogP contribution in [0.1, 0.15) is 43.5 Å². The maximum atomic E-state index is 13.2. The van der Waals surface area contributed by atoms with E-state index in [1.807, 2.05) is 6.92 Å². The van der Waals surface area contributed by atoms with Crippen LogP contribution >= 0.6 is 0 Å². The van der Waals surface area contributed by atoms with Crippen molar-refractivity contribution in [1.29, 1.82) is 0 Å². The summed E-state index contributed by atoms with van der Waals surface area (Å²) < 4.78 is 36.2. The summed E-state index contributed by atoms with van der Waals surface area (Å²) >= 11 is 0. The fraction of sp³-hybridized carbons (Fsp3) is 0.619. The van der Waals surface area contributed by atoms with Crippen molar-refractivity contribution in [3.8, 4) is 0 Å². The molecule has 1 N–H and O–H groups in total. The van der Waals surface area contributed by atoms with Crippen molar-refractivity contribution in [3.63, 3.8) is 0 Å². The maximum absolute atomic E-state index is 13.2. The van der Waals surface area contributed by atoms with E-state index in [-0.39, 0.29) is 10.7 Å². The van der Waals surface area contributed by atoms with Crippen molar-refractivity contribution in [1.82, 2.24) is 33.5 Å². The van der Waals surface area contributed by atoms with Gasteiger partial charge in [-0.1, -0.05) is 18.5 Å². The van der Waals surface area contributed by atoms with Gasteiger partial charge >= 0.3 is 5.69 Å². The molecule has 0 saturated carbocycles. The topological polar surface area (TPSA) is 139 Å². The Morgan fingerprint density at radius 2 is 1.88 bits per heavy atom. The molecule has 0 unspecified atom stereocenters. The number of aromatic amines is 1. The summed E-state index contributed by atoms with van der Waals surface area (Å²) in [5, 5.41) is 3.79. The average Bonchev–Trinajstić information content (AvgIpc) is 3.17. The molecule has 0 radical (unpaired) electrons. The highest BCUT2D eigenvalue weighted by Crippen LogP contribution is 2.24. The molecule has 0 aliphatic carbocycles. The van der Waals surface area contributed by atoms with Gasteiger partial charge in [0.2, 0.25) is 10.0 Å². The van der Waals surface area contributed by atoms with E-state index in [1.165, 1.54) is 8.87 Å². The third-order valence-corrected chi connectivity index (χ3v) is 8.46. The Kier molecular flexibility index (Phi) is 6.78. The minimum Gasteiger partial charge on any atom is -0.360 e. The van der Waals surface area contributed by atoms with Gasteiger partial charge in [-0.15, -0.1) is 0 Å². The molecule has 1 aliphatic heterocycles. The quantitative estimate of drug-likeness (QED) is 0.508. The first kappa shape index (κ1) is 24.4. The molecule has 186 valence electrons. The van der Waals surface area contributed by atoms with E-state index in [0.717, 1.165) is 12.8 Å². The van der Waals surface area contributed by atoms with Gasteiger partial charge < -0.3 is 9.09 Å². The van der Waals surface area contributed by atoms with Crippen LogP contribution in [0.2, 0.25) is 0 Å². The Labute approximate surface area is 197 Å². The highest BCUT2D eigenvalue weighted by molar-refractivity contribution is 7.89. The van der Waals surface area contributed by atoms with Crippen molar-refractivity contribution < 1.29 is 12.9 Å². The van der Waals surface area contributed by atoms with Crippen LogP contribution in [0.25, 0.3) is 11.2 Å². The molecule has 12 nitrogen and oxygen atoms in total. The zero-order valence-electron chi connectivity index (χ0n) is 20.0. The van der Waals surface area contributed by atoms with Crippen LogP contribution in [0.4, 0.5) is 0 Å². The van der Waals surface area contributed by atoms with Crippen LogP contribution < -0.4 is 11.2 Å². The van der Waals surface area contributed by atoms with Crippen LogP contribution in [-0.2, 0) is 30.2 Å². The molecule has 1 aliphatic rings. The lowest BCUT2D eigenvalue weighted by Gasteiger charge is -2.21. The Balaban J connectivity index is 1.57. The molecule has 1 saturated heterocycles. The minimum atomic E-state index is -3.71. The molecule has 0 amide bonds. The zero-order valence-corrected chi connectivity index (χ0v) is 20.8. The number of sulfonamides is 1. The monoisotopic (exact) mass is 493 g/mol. The Morgan fingerprint density at radius 1 is 1.12 bits per heavy atom. The van der Waals surface area contributed by atoms with E-state index in [4.69, 9.17) is 4.52 Å². The highest BCUT2D eigenvalue weighted by atomic mass is 32.2. The van der Waals surface area contributed by atoms with Gasteiger partial charge in [0.1, 0.15) is 16.4 Å². The summed E-state index contributed by atoms with van der Waals surface area (Å²) in [4.78, 5) is 34.2. The molecular formula is C21H31N7O5S. The van der Waals surface area contributed by atoms with E-state index in [9.17, 15) is 18.0 Å². The van der Waals surface area contributed by atoms with Gasteiger partial charge in [0.25, 0.3) is 5.56 Å². The summed E-state index contributed by atoms with van der Waals surface area (Å²) in [5.41, 5.74) is 0.199. The molecule has 4 rings (SSSR count). The summed E-state index contributed by atoms with van der Waals surface area (Å²) in [5.74, 6) is 0.941. The van der Waals surface area contributed by atoms with Crippen LogP contribution in [0.5, 0.6) is 0 Å². The predicted octanol–water partition coefficient (Wildman–Crippen LogP) is 0.725. The van der Waals surface area contributed by atoms with Gasteiger partial charge in [0, 0.05) is 33.2 Å². The van der Waals surface area contributed by atoms with Crippen LogP contribution in [0.15, 0.2) is 19.0 Å². The number of hydrogen-bond acceptors (Lipinski definition) is 8. The third kappa shape index (κ3) is 4.34. The van der Waals surface area contributed by atoms with Crippen molar-refractivity contribution >= 4 is 21.2 Å². The van der Waals surface area contributed by atoms with E-state index in [1.54, 1.807) is 25.5 Å². The summed E-state index contributed by atoms with van der Waals surface area (Å²) in [6, 6.07) is 0. The second kappa shape index (κ2) is 9.47. The van der Waals surface area contributed by atoms with Gasteiger partial charge in [-0.25, -0.2) is 18.2 Å². The molecule has 34 heavy (non-hydrogen) atoms. The van der Waals surface area contributed by atoms with Crippen LogP contribution in [0.3, 0.4) is 0 Å². The van der Waals surface area contributed by atoms with E-state index < -0.39 is 21.3 Å². The number of fused-ring (bicyclic) bond motifs is 1. The molecule has 0 atom stereocenters. The Bertz CT molecular complexity index is 1400. The highest BCUT2D eigenvalue weighted by Gasteiger charge is 2.32. The number of hydrogen-bond donors (Lipinski definition) is 1. The maximum Gasteiger partial charge on any atom is 0.330 e. The van der Waals surface area contributed by atoms with Crippen LogP contribution in [-0.4, -0.2) is 68.1 Å². The lowest BCUT2D eigenvalue weighted by molar-refractivity contribution is 0.269. The predicted molar refractivity (Wildman–Crippen MR) is 125 cm³/mol. The van der Waals surface area contributed by atoms with E-state index >= 15 is 0 Å². The number of imidazole rings is 1. The molecule has 13 heteroatoms. The lowest BCUT2D eigenvalue weighted by Crippen LogP contribution is -2.35. The largest absolute Gasteiger partial charge is 0.360 e. The molecule has 0 bridgehead atoms. The number of H-pyrrole nitrogens is 1. The number of nitrogens with zero attached hydrogens (tertiary/aromatic N) is 6. The second-order valence-electron chi connectivity index (χ2n) is 8.71. The van der Waals surface area contributed by atoms with E-state index in [0.29, 0.717) is 68.4 Å². The SMILES string of the molecule is CCCCn1c(=O)[nH]c(=O)c2c1nc(CN1CCCN(S(=O)(=O)c3c(C)noc3C)CC1)n2C. The van der Waals surface area contributed by atoms with Gasteiger partial charge in [-0.3, -0.25) is 19.2 Å². The normalized spacial score (nSPS) is 16.4. The molecular weight excluding hydrogens is 462 g/mol. The first-order valence-electron chi connectivity index (χ1n) is 11.5.